The van der Waals surface area contributed by atoms with Crippen LogP contribution in [0, 0.1) is 0 Å². The fourth-order valence-electron chi connectivity index (χ4n) is 1.45. The molecule has 1 fully saturated rings. The second kappa shape index (κ2) is 3.92. The van der Waals surface area contributed by atoms with Gasteiger partial charge < -0.3 is 10.1 Å². The van der Waals surface area contributed by atoms with Gasteiger partial charge in [-0.3, -0.25) is 0 Å². The minimum atomic E-state index is -2.75. The summed E-state index contributed by atoms with van der Waals surface area (Å²) < 4.78 is 27.9. The van der Waals surface area contributed by atoms with Crippen LogP contribution in [-0.4, -0.2) is 13.2 Å². The summed E-state index contributed by atoms with van der Waals surface area (Å²) in [6, 6.07) is 7.15. The first-order chi connectivity index (χ1) is 6.75. The molecule has 2 rings (SSSR count). The third-order valence-electron chi connectivity index (χ3n) is 2.33. The van der Waals surface area contributed by atoms with Gasteiger partial charge in [0.25, 0.3) is 0 Å². The Morgan fingerprint density at radius 2 is 1.93 bits per heavy atom. The van der Waals surface area contributed by atoms with Crippen LogP contribution in [0.15, 0.2) is 24.3 Å². The molecule has 0 radical (unpaired) electrons. The van der Waals surface area contributed by atoms with Crippen molar-refractivity contribution in [1.29, 1.82) is 0 Å². The lowest BCUT2D eigenvalue weighted by Gasteiger charge is -2.28. The lowest BCUT2D eigenvalue weighted by molar-refractivity contribution is -0.0498. The molecule has 0 amide bonds. The normalized spacial score (nSPS) is 20.6. The van der Waals surface area contributed by atoms with E-state index >= 15 is 0 Å². The Morgan fingerprint density at radius 1 is 1.29 bits per heavy atom. The summed E-state index contributed by atoms with van der Waals surface area (Å²) in [4.78, 5) is 0. The molecule has 1 aromatic rings. The molecule has 0 bridgehead atoms. The molecule has 1 atom stereocenters. The molecule has 2 nitrogen and oxygen atoms in total. The molecule has 1 N–H and O–H groups in total. The summed E-state index contributed by atoms with van der Waals surface area (Å²) in [5, 5.41) is 3.23. The topological polar surface area (TPSA) is 21.3 Å². The van der Waals surface area contributed by atoms with Crippen LogP contribution in [0.5, 0.6) is 5.75 Å². The molecule has 14 heavy (non-hydrogen) atoms. The average molecular weight is 199 g/mol. The van der Waals surface area contributed by atoms with Crippen LogP contribution in [0.2, 0.25) is 0 Å². The largest absolute Gasteiger partial charge is 0.435 e. The highest BCUT2D eigenvalue weighted by Gasteiger charge is 2.18. The Balaban J connectivity index is 2.02. The van der Waals surface area contributed by atoms with Crippen molar-refractivity contribution >= 4 is 0 Å². The summed E-state index contributed by atoms with van der Waals surface area (Å²) in [7, 11) is 0. The maximum atomic E-state index is 11.8. The summed E-state index contributed by atoms with van der Waals surface area (Å²) >= 11 is 0. The van der Waals surface area contributed by atoms with Crippen LogP contribution < -0.4 is 10.1 Å². The van der Waals surface area contributed by atoms with E-state index in [1.165, 1.54) is 0 Å². The highest BCUT2D eigenvalue weighted by molar-refractivity contribution is 5.30. The van der Waals surface area contributed by atoms with Gasteiger partial charge in [0.2, 0.25) is 0 Å². The van der Waals surface area contributed by atoms with Gasteiger partial charge in [-0.15, -0.1) is 0 Å². The van der Waals surface area contributed by atoms with Crippen molar-refractivity contribution in [3.8, 4) is 5.75 Å². The maximum absolute atomic E-state index is 11.8. The Labute approximate surface area is 80.9 Å². The van der Waals surface area contributed by atoms with Gasteiger partial charge in [-0.05, 0) is 30.7 Å². The molecule has 0 aliphatic carbocycles. The molecule has 1 aliphatic heterocycles. The molecule has 0 unspecified atom stereocenters. The number of halogens is 2. The number of ether oxygens (including phenoxy) is 1. The lowest BCUT2D eigenvalue weighted by atomic mass is 9.98. The molecular weight excluding hydrogens is 188 g/mol. The Hall–Kier alpha value is -1.16. The zero-order valence-electron chi connectivity index (χ0n) is 7.54. The Kier molecular flexibility index (Phi) is 2.63. The molecule has 1 aromatic carbocycles. The van der Waals surface area contributed by atoms with E-state index in [1.807, 2.05) is 12.1 Å². The van der Waals surface area contributed by atoms with Crippen LogP contribution in [0.4, 0.5) is 8.78 Å². The van der Waals surface area contributed by atoms with Crippen LogP contribution >= 0.6 is 0 Å². The molecule has 1 aliphatic rings. The number of hydrogen-bond donors (Lipinski definition) is 1. The molecule has 0 aromatic heterocycles. The number of benzene rings is 1. The minimum absolute atomic E-state index is 0.211. The van der Waals surface area contributed by atoms with Gasteiger partial charge in [0.15, 0.2) is 0 Å². The minimum Gasteiger partial charge on any atom is -0.435 e. The van der Waals surface area contributed by atoms with Gasteiger partial charge in [0.05, 0.1) is 0 Å². The standard InChI is InChI=1S/C10H11F2NO/c11-10(12)14-8-3-1-7(2-4-8)9-5-6-13-9/h1-4,9-10,13H,5-6H2/t9-/m0/s1. The number of nitrogens with one attached hydrogen (secondary N) is 1. The van der Waals surface area contributed by atoms with Gasteiger partial charge in [-0.2, -0.15) is 8.78 Å². The van der Waals surface area contributed by atoms with Crippen molar-refractivity contribution in [2.45, 2.75) is 19.1 Å². The summed E-state index contributed by atoms with van der Waals surface area (Å²) in [6.45, 7) is -1.72. The monoisotopic (exact) mass is 199 g/mol. The Morgan fingerprint density at radius 3 is 2.36 bits per heavy atom. The van der Waals surface area contributed by atoms with Crippen molar-refractivity contribution in [2.24, 2.45) is 0 Å². The van der Waals surface area contributed by atoms with Gasteiger partial charge in [-0.25, -0.2) is 0 Å². The van der Waals surface area contributed by atoms with Gasteiger partial charge >= 0.3 is 6.61 Å². The van der Waals surface area contributed by atoms with Crippen molar-refractivity contribution in [1.82, 2.24) is 5.32 Å². The smallest absolute Gasteiger partial charge is 0.387 e. The third-order valence-corrected chi connectivity index (χ3v) is 2.33. The van der Waals surface area contributed by atoms with Crippen LogP contribution in [0.25, 0.3) is 0 Å². The third kappa shape index (κ3) is 2.01. The summed E-state index contributed by atoms with van der Waals surface area (Å²) in [5.74, 6) is 0.211. The number of hydrogen-bond acceptors (Lipinski definition) is 2. The SMILES string of the molecule is FC(F)Oc1ccc([C@@H]2CCN2)cc1. The van der Waals surface area contributed by atoms with Gasteiger partial charge in [0.1, 0.15) is 5.75 Å². The van der Waals surface area contributed by atoms with Crippen molar-refractivity contribution in [2.75, 3.05) is 6.54 Å². The van der Waals surface area contributed by atoms with Crippen LogP contribution in [0.1, 0.15) is 18.0 Å². The fourth-order valence-corrected chi connectivity index (χ4v) is 1.45. The van der Waals surface area contributed by atoms with E-state index in [4.69, 9.17) is 0 Å². The van der Waals surface area contributed by atoms with Crippen LogP contribution in [0.3, 0.4) is 0 Å². The van der Waals surface area contributed by atoms with Gasteiger partial charge in [0, 0.05) is 6.04 Å². The molecule has 4 heteroatoms. The molecule has 76 valence electrons. The van der Waals surface area contributed by atoms with E-state index in [2.05, 4.69) is 10.1 Å². The molecule has 1 saturated heterocycles. The van der Waals surface area contributed by atoms with E-state index in [-0.39, 0.29) is 5.75 Å². The van der Waals surface area contributed by atoms with E-state index in [0.717, 1.165) is 18.5 Å². The first-order valence-corrected chi connectivity index (χ1v) is 4.54. The van der Waals surface area contributed by atoms with E-state index in [9.17, 15) is 8.78 Å². The van der Waals surface area contributed by atoms with Crippen molar-refractivity contribution in [3.05, 3.63) is 29.8 Å². The predicted octanol–water partition coefficient (Wildman–Crippen LogP) is 2.32. The summed E-state index contributed by atoms with van der Waals surface area (Å²) in [5.41, 5.74) is 1.12. The van der Waals surface area contributed by atoms with E-state index in [0.29, 0.717) is 6.04 Å². The van der Waals surface area contributed by atoms with Crippen molar-refractivity contribution < 1.29 is 13.5 Å². The first-order valence-electron chi connectivity index (χ1n) is 4.54. The average Bonchev–Trinajstić information content (AvgIpc) is 2.04. The highest BCUT2D eigenvalue weighted by Crippen LogP contribution is 2.24. The molecular formula is C10H11F2NO. The maximum Gasteiger partial charge on any atom is 0.387 e. The number of rotatable bonds is 3. The first kappa shape index (κ1) is 9.40. The van der Waals surface area contributed by atoms with E-state index in [1.54, 1.807) is 12.1 Å². The second-order valence-electron chi connectivity index (χ2n) is 3.24. The van der Waals surface area contributed by atoms with Crippen molar-refractivity contribution in [3.63, 3.8) is 0 Å². The highest BCUT2D eigenvalue weighted by atomic mass is 19.3. The fraction of sp³-hybridized carbons (Fsp3) is 0.400. The Bertz CT molecular complexity index is 295. The zero-order chi connectivity index (χ0) is 9.97. The molecule has 0 spiro atoms. The zero-order valence-corrected chi connectivity index (χ0v) is 7.54. The molecule has 0 saturated carbocycles. The van der Waals surface area contributed by atoms with E-state index < -0.39 is 6.61 Å². The van der Waals surface area contributed by atoms with Gasteiger partial charge in [-0.1, -0.05) is 12.1 Å². The second-order valence-corrected chi connectivity index (χ2v) is 3.24. The summed E-state index contributed by atoms with van der Waals surface area (Å²) in [6.07, 6.45) is 1.11. The lowest BCUT2D eigenvalue weighted by Crippen LogP contribution is -2.34. The van der Waals surface area contributed by atoms with Crippen LogP contribution in [-0.2, 0) is 0 Å². The molecule has 1 heterocycles. The number of alkyl halides is 2. The predicted molar refractivity (Wildman–Crippen MR) is 48.4 cm³/mol. The quantitative estimate of drug-likeness (QED) is 0.806.